The lowest BCUT2D eigenvalue weighted by Crippen LogP contribution is -2.01. The summed E-state index contributed by atoms with van der Waals surface area (Å²) >= 11 is 0. The summed E-state index contributed by atoms with van der Waals surface area (Å²) in [7, 11) is 1.57. The molecule has 0 fully saturated rings. The van der Waals surface area contributed by atoms with Crippen LogP contribution in [0.3, 0.4) is 0 Å². The third-order valence-corrected chi connectivity index (χ3v) is 2.89. The third-order valence-electron chi connectivity index (χ3n) is 2.89. The van der Waals surface area contributed by atoms with Gasteiger partial charge in [-0.15, -0.1) is 0 Å². The number of aromatic nitrogens is 2. The Labute approximate surface area is 106 Å². The van der Waals surface area contributed by atoms with E-state index < -0.39 is 0 Å². The van der Waals surface area contributed by atoms with Gasteiger partial charge in [0.15, 0.2) is 5.78 Å². The standard InChI is InChI=1S/C14H16N2O2/c1-4-16-13(7-8-15-16)11-5-6-14(18-3)12(9-11)10(2)17/h5-9H,4H2,1-3H3. The molecule has 2 aromatic rings. The van der Waals surface area contributed by atoms with Crippen molar-refractivity contribution in [2.24, 2.45) is 0 Å². The van der Waals surface area contributed by atoms with Crippen LogP contribution in [-0.4, -0.2) is 22.7 Å². The zero-order valence-electron chi connectivity index (χ0n) is 10.8. The van der Waals surface area contributed by atoms with Gasteiger partial charge < -0.3 is 4.74 Å². The van der Waals surface area contributed by atoms with Crippen molar-refractivity contribution in [3.8, 4) is 17.0 Å². The second-order valence-corrected chi connectivity index (χ2v) is 4.00. The quantitative estimate of drug-likeness (QED) is 0.777. The van der Waals surface area contributed by atoms with Crippen molar-refractivity contribution in [2.75, 3.05) is 7.11 Å². The molecule has 1 aromatic carbocycles. The van der Waals surface area contributed by atoms with E-state index in [-0.39, 0.29) is 5.78 Å². The molecule has 0 unspecified atom stereocenters. The van der Waals surface area contributed by atoms with E-state index in [1.165, 1.54) is 0 Å². The zero-order chi connectivity index (χ0) is 13.1. The number of hydrogen-bond acceptors (Lipinski definition) is 3. The second kappa shape index (κ2) is 5.04. The molecule has 18 heavy (non-hydrogen) atoms. The molecule has 2 rings (SSSR count). The topological polar surface area (TPSA) is 44.1 Å². The molecular formula is C14H16N2O2. The van der Waals surface area contributed by atoms with E-state index in [1.807, 2.05) is 35.9 Å². The normalized spacial score (nSPS) is 10.4. The van der Waals surface area contributed by atoms with Gasteiger partial charge in [0, 0.05) is 18.3 Å². The van der Waals surface area contributed by atoms with Crippen molar-refractivity contribution in [2.45, 2.75) is 20.4 Å². The van der Waals surface area contributed by atoms with Gasteiger partial charge >= 0.3 is 0 Å². The number of ketones is 1. The number of hydrogen-bond donors (Lipinski definition) is 0. The molecule has 0 atom stereocenters. The lowest BCUT2D eigenvalue weighted by molar-refractivity contribution is 0.101. The Morgan fingerprint density at radius 2 is 2.17 bits per heavy atom. The summed E-state index contributed by atoms with van der Waals surface area (Å²) in [6.45, 7) is 4.37. The molecule has 0 aliphatic heterocycles. The van der Waals surface area contributed by atoms with Crippen molar-refractivity contribution >= 4 is 5.78 Å². The van der Waals surface area contributed by atoms with Crippen LogP contribution < -0.4 is 4.74 Å². The summed E-state index contributed by atoms with van der Waals surface area (Å²) < 4.78 is 7.09. The molecule has 0 aliphatic rings. The van der Waals surface area contributed by atoms with E-state index in [9.17, 15) is 4.79 Å². The second-order valence-electron chi connectivity index (χ2n) is 4.00. The Morgan fingerprint density at radius 3 is 2.78 bits per heavy atom. The predicted octanol–water partition coefficient (Wildman–Crippen LogP) is 2.78. The van der Waals surface area contributed by atoms with Gasteiger partial charge in [-0.05, 0) is 38.1 Å². The molecule has 4 nitrogen and oxygen atoms in total. The van der Waals surface area contributed by atoms with Crippen LogP contribution >= 0.6 is 0 Å². The van der Waals surface area contributed by atoms with Crippen molar-refractivity contribution in [1.29, 1.82) is 0 Å². The number of carbonyl (C=O) groups excluding carboxylic acids is 1. The van der Waals surface area contributed by atoms with Crippen LogP contribution in [0.2, 0.25) is 0 Å². The van der Waals surface area contributed by atoms with E-state index >= 15 is 0 Å². The summed E-state index contributed by atoms with van der Waals surface area (Å²) in [6.07, 6.45) is 1.76. The fraction of sp³-hybridized carbons (Fsp3) is 0.286. The molecule has 1 aromatic heterocycles. The molecule has 0 saturated heterocycles. The van der Waals surface area contributed by atoms with Crippen molar-refractivity contribution in [3.05, 3.63) is 36.0 Å². The van der Waals surface area contributed by atoms with Gasteiger partial charge in [0.1, 0.15) is 5.75 Å². The van der Waals surface area contributed by atoms with E-state index in [2.05, 4.69) is 5.10 Å². The molecule has 94 valence electrons. The highest BCUT2D eigenvalue weighted by Gasteiger charge is 2.11. The minimum absolute atomic E-state index is 0.00346. The molecule has 0 radical (unpaired) electrons. The zero-order valence-corrected chi connectivity index (χ0v) is 10.8. The van der Waals surface area contributed by atoms with Gasteiger partial charge in [-0.3, -0.25) is 9.48 Å². The maximum atomic E-state index is 11.6. The van der Waals surface area contributed by atoms with Crippen LogP contribution in [0.15, 0.2) is 30.5 Å². The SMILES string of the molecule is CCn1nccc1-c1ccc(OC)c(C(C)=O)c1. The van der Waals surface area contributed by atoms with Crippen LogP contribution in [0.5, 0.6) is 5.75 Å². The maximum Gasteiger partial charge on any atom is 0.163 e. The van der Waals surface area contributed by atoms with Crippen LogP contribution in [-0.2, 0) is 6.54 Å². The predicted molar refractivity (Wildman–Crippen MR) is 69.9 cm³/mol. The van der Waals surface area contributed by atoms with Crippen molar-refractivity contribution in [1.82, 2.24) is 9.78 Å². The largest absolute Gasteiger partial charge is 0.496 e. The highest BCUT2D eigenvalue weighted by molar-refractivity contribution is 5.98. The van der Waals surface area contributed by atoms with Gasteiger partial charge in [0.25, 0.3) is 0 Å². The van der Waals surface area contributed by atoms with Gasteiger partial charge in [-0.2, -0.15) is 5.10 Å². The summed E-state index contributed by atoms with van der Waals surface area (Å²) in [5.74, 6) is 0.602. The average molecular weight is 244 g/mol. The first-order valence-corrected chi connectivity index (χ1v) is 5.88. The summed E-state index contributed by atoms with van der Waals surface area (Å²) in [5, 5.41) is 4.23. The molecule has 1 heterocycles. The molecule has 0 N–H and O–H groups in total. The monoisotopic (exact) mass is 244 g/mol. The third kappa shape index (κ3) is 2.14. The number of Topliss-reactive ketones (excluding diaryl/α,β-unsaturated/α-hetero) is 1. The molecule has 4 heteroatoms. The van der Waals surface area contributed by atoms with Crippen LogP contribution in [0, 0.1) is 0 Å². The van der Waals surface area contributed by atoms with Crippen LogP contribution in [0.4, 0.5) is 0 Å². The number of carbonyl (C=O) groups is 1. The molecule has 0 saturated carbocycles. The van der Waals surface area contributed by atoms with Gasteiger partial charge in [-0.1, -0.05) is 0 Å². The number of nitrogens with zero attached hydrogens (tertiary/aromatic N) is 2. The first kappa shape index (κ1) is 12.4. The number of aryl methyl sites for hydroxylation is 1. The van der Waals surface area contributed by atoms with Crippen molar-refractivity contribution in [3.63, 3.8) is 0 Å². The Hall–Kier alpha value is -2.10. The molecule has 0 aliphatic carbocycles. The molecule has 0 amide bonds. The van der Waals surface area contributed by atoms with Crippen LogP contribution in [0.1, 0.15) is 24.2 Å². The highest BCUT2D eigenvalue weighted by Crippen LogP contribution is 2.26. The van der Waals surface area contributed by atoms with E-state index in [1.54, 1.807) is 20.2 Å². The van der Waals surface area contributed by atoms with E-state index in [0.717, 1.165) is 17.8 Å². The average Bonchev–Trinajstić information content (AvgIpc) is 2.86. The fourth-order valence-corrected chi connectivity index (χ4v) is 1.97. The van der Waals surface area contributed by atoms with Gasteiger partial charge in [-0.25, -0.2) is 0 Å². The molecule has 0 bridgehead atoms. The Kier molecular flexibility index (Phi) is 3.46. The minimum Gasteiger partial charge on any atom is -0.496 e. The first-order valence-electron chi connectivity index (χ1n) is 5.88. The van der Waals surface area contributed by atoms with Crippen LogP contribution in [0.25, 0.3) is 11.3 Å². The van der Waals surface area contributed by atoms with E-state index in [0.29, 0.717) is 11.3 Å². The number of methoxy groups -OCH3 is 1. The summed E-state index contributed by atoms with van der Waals surface area (Å²) in [6, 6.07) is 7.55. The minimum atomic E-state index is -0.00346. The smallest absolute Gasteiger partial charge is 0.163 e. The number of benzene rings is 1. The Balaban J connectivity index is 2.53. The molecular weight excluding hydrogens is 228 g/mol. The summed E-state index contributed by atoms with van der Waals surface area (Å²) in [4.78, 5) is 11.6. The first-order chi connectivity index (χ1) is 8.67. The van der Waals surface area contributed by atoms with E-state index in [4.69, 9.17) is 4.74 Å². The number of ether oxygens (including phenoxy) is 1. The Bertz CT molecular complexity index is 573. The lowest BCUT2D eigenvalue weighted by atomic mass is 10.0. The number of rotatable bonds is 4. The Morgan fingerprint density at radius 1 is 1.39 bits per heavy atom. The summed E-state index contributed by atoms with van der Waals surface area (Å²) in [5.41, 5.74) is 2.57. The maximum absolute atomic E-state index is 11.6. The van der Waals surface area contributed by atoms with Crippen molar-refractivity contribution < 1.29 is 9.53 Å². The molecule has 0 spiro atoms. The van der Waals surface area contributed by atoms with Gasteiger partial charge in [0.2, 0.25) is 0 Å². The van der Waals surface area contributed by atoms with Gasteiger partial charge in [0.05, 0.1) is 18.4 Å². The lowest BCUT2D eigenvalue weighted by Gasteiger charge is -2.09. The highest BCUT2D eigenvalue weighted by atomic mass is 16.5. The fourth-order valence-electron chi connectivity index (χ4n) is 1.97.